The summed E-state index contributed by atoms with van der Waals surface area (Å²) in [4.78, 5) is 37.5. The summed E-state index contributed by atoms with van der Waals surface area (Å²) in [6, 6.07) is 10.6. The summed E-state index contributed by atoms with van der Waals surface area (Å²) in [6.07, 6.45) is 0.380. The standard InChI is InChI=1S/C25H28ClN7O3S/c1-31(2)23(36)19-5-4-10-33(19)21(34)13-27-22(35)14-6-9-18-17(11-14)28-24(32(18)3)30-25-29-16-8-7-15(26)12-20(16)37-25/h6-9,11-12,19,22,27,35H,4-5,10,13H2,1-3H3,(H,28,29,30). The average molecular weight is 542 g/mol. The first-order chi connectivity index (χ1) is 17.7. The Labute approximate surface area is 222 Å². The zero-order valence-corrected chi connectivity index (χ0v) is 22.3. The van der Waals surface area contributed by atoms with E-state index in [2.05, 4.69) is 20.6 Å². The number of likely N-dealkylation sites (N-methyl/N-ethyl adjacent to an activating group) is 1. The number of nitrogens with zero attached hydrogens (tertiary/aromatic N) is 5. The van der Waals surface area contributed by atoms with Gasteiger partial charge in [-0.05, 0) is 48.7 Å². The van der Waals surface area contributed by atoms with Gasteiger partial charge < -0.3 is 24.8 Å². The molecule has 2 aromatic heterocycles. The van der Waals surface area contributed by atoms with Crippen LogP contribution < -0.4 is 10.6 Å². The van der Waals surface area contributed by atoms with E-state index in [0.29, 0.717) is 40.1 Å². The van der Waals surface area contributed by atoms with E-state index in [0.717, 1.165) is 22.2 Å². The molecule has 2 unspecified atom stereocenters. The Morgan fingerprint density at radius 2 is 2.03 bits per heavy atom. The number of aromatic nitrogens is 3. The molecule has 3 N–H and O–H groups in total. The van der Waals surface area contributed by atoms with Crippen LogP contribution in [0.15, 0.2) is 36.4 Å². The topological polar surface area (TPSA) is 116 Å². The van der Waals surface area contributed by atoms with Crippen LogP contribution in [0.25, 0.3) is 21.3 Å². The second kappa shape index (κ2) is 10.3. The number of fused-ring (bicyclic) bond motifs is 2. The number of rotatable bonds is 7. The second-order valence-electron chi connectivity index (χ2n) is 9.26. The van der Waals surface area contributed by atoms with Crippen molar-refractivity contribution in [3.05, 3.63) is 47.0 Å². The van der Waals surface area contributed by atoms with E-state index in [1.165, 1.54) is 16.2 Å². The quantitative estimate of drug-likeness (QED) is 0.308. The smallest absolute Gasteiger partial charge is 0.244 e. The summed E-state index contributed by atoms with van der Waals surface area (Å²) in [5.74, 6) is 0.325. The Hall–Kier alpha value is -3.25. The van der Waals surface area contributed by atoms with Crippen molar-refractivity contribution in [1.29, 1.82) is 0 Å². The third-order valence-corrected chi connectivity index (χ3v) is 7.70. The van der Waals surface area contributed by atoms with Crippen LogP contribution in [-0.4, -0.2) is 74.5 Å². The number of aryl methyl sites for hydroxylation is 1. The number of hydrogen-bond acceptors (Lipinski definition) is 8. The molecule has 12 heteroatoms. The van der Waals surface area contributed by atoms with E-state index in [1.54, 1.807) is 31.1 Å². The molecule has 2 aromatic carbocycles. The minimum atomic E-state index is -1.06. The highest BCUT2D eigenvalue weighted by Crippen LogP contribution is 2.31. The van der Waals surface area contributed by atoms with Crippen molar-refractivity contribution in [2.75, 3.05) is 32.5 Å². The zero-order valence-electron chi connectivity index (χ0n) is 20.7. The first-order valence-electron chi connectivity index (χ1n) is 11.9. The predicted molar refractivity (Wildman–Crippen MR) is 145 cm³/mol. The number of likely N-dealkylation sites (tertiary alicyclic amines) is 1. The van der Waals surface area contributed by atoms with Crippen molar-refractivity contribution in [1.82, 2.24) is 29.7 Å². The molecule has 2 amide bonds. The maximum absolute atomic E-state index is 12.8. The molecule has 1 aliphatic rings. The molecule has 10 nitrogen and oxygen atoms in total. The minimum Gasteiger partial charge on any atom is -0.374 e. The molecule has 0 saturated carbocycles. The number of anilines is 2. The van der Waals surface area contributed by atoms with Crippen LogP contribution in [-0.2, 0) is 16.6 Å². The summed E-state index contributed by atoms with van der Waals surface area (Å²) in [7, 11) is 5.28. The summed E-state index contributed by atoms with van der Waals surface area (Å²) in [5.41, 5.74) is 3.01. The molecule has 3 heterocycles. The fourth-order valence-electron chi connectivity index (χ4n) is 4.57. The number of amides is 2. The van der Waals surface area contributed by atoms with Gasteiger partial charge in [-0.1, -0.05) is 29.0 Å². The van der Waals surface area contributed by atoms with Gasteiger partial charge in [0.25, 0.3) is 0 Å². The number of carbonyl (C=O) groups is 2. The van der Waals surface area contributed by atoms with Gasteiger partial charge in [-0.3, -0.25) is 14.9 Å². The number of halogens is 1. The fraction of sp³-hybridized carbons (Fsp3) is 0.360. The zero-order chi connectivity index (χ0) is 26.3. The minimum absolute atomic E-state index is 0.0763. The largest absolute Gasteiger partial charge is 0.374 e. The molecule has 37 heavy (non-hydrogen) atoms. The number of imidazole rings is 1. The van der Waals surface area contributed by atoms with Crippen LogP contribution >= 0.6 is 22.9 Å². The van der Waals surface area contributed by atoms with Crippen LogP contribution in [0.3, 0.4) is 0 Å². The van der Waals surface area contributed by atoms with Gasteiger partial charge >= 0.3 is 0 Å². The molecule has 194 valence electrons. The molecule has 0 bridgehead atoms. The lowest BCUT2D eigenvalue weighted by Crippen LogP contribution is -2.48. The van der Waals surface area contributed by atoms with E-state index in [1.807, 2.05) is 35.9 Å². The van der Waals surface area contributed by atoms with Gasteiger partial charge in [-0.15, -0.1) is 0 Å². The molecular weight excluding hydrogens is 514 g/mol. The SMILES string of the molecule is CN(C)C(=O)C1CCCN1C(=O)CNC(O)c1ccc2c(c1)nc(Nc1nc3ccc(Cl)cc3s1)n2C. The first kappa shape index (κ1) is 25.4. The molecule has 0 spiro atoms. The van der Waals surface area contributed by atoms with Crippen LogP contribution in [0.1, 0.15) is 24.6 Å². The van der Waals surface area contributed by atoms with Gasteiger partial charge in [0.2, 0.25) is 17.8 Å². The van der Waals surface area contributed by atoms with Gasteiger partial charge in [0.15, 0.2) is 5.13 Å². The van der Waals surface area contributed by atoms with Gasteiger partial charge in [0.05, 0.1) is 27.8 Å². The third-order valence-electron chi connectivity index (χ3n) is 6.54. The number of aliphatic hydroxyl groups excluding tert-OH is 1. The Morgan fingerprint density at radius 3 is 2.81 bits per heavy atom. The molecule has 1 fully saturated rings. The summed E-state index contributed by atoms with van der Waals surface area (Å²) in [6.45, 7) is 0.464. The number of carbonyl (C=O) groups excluding carboxylic acids is 2. The number of hydrogen-bond donors (Lipinski definition) is 3. The second-order valence-corrected chi connectivity index (χ2v) is 10.7. The van der Waals surface area contributed by atoms with Crippen molar-refractivity contribution in [3.63, 3.8) is 0 Å². The lowest BCUT2D eigenvalue weighted by Gasteiger charge is -2.26. The summed E-state index contributed by atoms with van der Waals surface area (Å²) < 4.78 is 2.89. The van der Waals surface area contributed by atoms with Crippen molar-refractivity contribution in [2.45, 2.75) is 25.1 Å². The maximum atomic E-state index is 12.8. The van der Waals surface area contributed by atoms with Crippen LogP contribution in [0.2, 0.25) is 5.02 Å². The Morgan fingerprint density at radius 1 is 1.22 bits per heavy atom. The number of nitrogens with one attached hydrogen (secondary N) is 2. The van der Waals surface area contributed by atoms with Crippen LogP contribution in [0, 0.1) is 0 Å². The van der Waals surface area contributed by atoms with Crippen molar-refractivity contribution in [2.24, 2.45) is 7.05 Å². The van der Waals surface area contributed by atoms with Gasteiger partial charge in [0.1, 0.15) is 12.3 Å². The Kier molecular flexibility index (Phi) is 7.04. The third kappa shape index (κ3) is 5.12. The molecule has 5 rings (SSSR count). The molecular formula is C25H28ClN7O3S. The maximum Gasteiger partial charge on any atom is 0.244 e. The molecule has 4 aromatic rings. The normalized spacial score (nSPS) is 16.5. The lowest BCUT2D eigenvalue weighted by atomic mass is 10.1. The van der Waals surface area contributed by atoms with E-state index in [9.17, 15) is 14.7 Å². The van der Waals surface area contributed by atoms with Gasteiger partial charge in [-0.25, -0.2) is 9.97 Å². The number of aliphatic hydroxyl groups is 1. The highest BCUT2D eigenvalue weighted by atomic mass is 35.5. The Balaban J connectivity index is 1.27. The van der Waals surface area contributed by atoms with Gasteiger partial charge in [0, 0.05) is 32.7 Å². The fourth-order valence-corrected chi connectivity index (χ4v) is 5.71. The molecule has 2 atom stereocenters. The first-order valence-corrected chi connectivity index (χ1v) is 13.1. The van der Waals surface area contributed by atoms with Crippen LogP contribution in [0.4, 0.5) is 11.1 Å². The van der Waals surface area contributed by atoms with E-state index < -0.39 is 12.3 Å². The summed E-state index contributed by atoms with van der Waals surface area (Å²) in [5, 5.41) is 18.2. The monoisotopic (exact) mass is 541 g/mol. The van der Waals surface area contributed by atoms with Crippen molar-refractivity contribution >= 4 is 67.1 Å². The van der Waals surface area contributed by atoms with Crippen molar-refractivity contribution < 1.29 is 14.7 Å². The highest BCUT2D eigenvalue weighted by Gasteiger charge is 2.34. The molecule has 1 saturated heterocycles. The molecule has 0 aliphatic carbocycles. The van der Waals surface area contributed by atoms with Crippen molar-refractivity contribution in [3.8, 4) is 0 Å². The van der Waals surface area contributed by atoms with Gasteiger partial charge in [-0.2, -0.15) is 0 Å². The predicted octanol–water partition coefficient (Wildman–Crippen LogP) is 3.24. The Bertz CT molecular complexity index is 1480. The van der Waals surface area contributed by atoms with E-state index in [4.69, 9.17) is 11.6 Å². The van der Waals surface area contributed by atoms with Crippen LogP contribution in [0.5, 0.6) is 0 Å². The average Bonchev–Trinajstić information content (AvgIpc) is 3.59. The number of benzene rings is 2. The van der Waals surface area contributed by atoms with E-state index >= 15 is 0 Å². The molecule has 1 aliphatic heterocycles. The highest BCUT2D eigenvalue weighted by molar-refractivity contribution is 7.22. The summed E-state index contributed by atoms with van der Waals surface area (Å²) >= 11 is 7.58. The van der Waals surface area contributed by atoms with E-state index in [-0.39, 0.29) is 18.4 Å². The lowest BCUT2D eigenvalue weighted by molar-refractivity contribution is -0.142. The molecule has 0 radical (unpaired) electrons. The number of thiazole rings is 1.